The standard InChI is InChI=1S/C28H32N2O4/c1-28(2,3)34-26(31)8-6-12-30-11-5-7-18-15-22-25(16-24(18)30)33-17-20-13-19-14-21(32-4)9-10-23(19)29-27(20)22/h9-10,13-16H,5-8,11-12,17H2,1-4H3. The summed E-state index contributed by atoms with van der Waals surface area (Å²) in [5, 5.41) is 1.05. The number of aryl methyl sites for hydroxylation is 1. The normalized spacial score (nSPS) is 14.6. The van der Waals surface area contributed by atoms with E-state index in [0.717, 1.165) is 71.6 Å². The lowest BCUT2D eigenvalue weighted by Gasteiger charge is -2.33. The van der Waals surface area contributed by atoms with E-state index in [1.165, 1.54) is 11.3 Å². The zero-order chi connectivity index (χ0) is 23.9. The SMILES string of the molecule is COc1ccc2nc3c(cc2c1)COc1cc2c(cc1-3)CCCN2CCCC(=O)OC(C)(C)C. The second-order valence-corrected chi connectivity index (χ2v) is 10.1. The molecular formula is C28H32N2O4. The van der Waals surface area contributed by atoms with Gasteiger partial charge in [0.2, 0.25) is 0 Å². The van der Waals surface area contributed by atoms with Gasteiger partial charge >= 0.3 is 5.97 Å². The second-order valence-electron chi connectivity index (χ2n) is 10.1. The molecule has 0 radical (unpaired) electrons. The van der Waals surface area contributed by atoms with Gasteiger partial charge < -0.3 is 19.1 Å². The number of methoxy groups -OCH3 is 1. The number of ether oxygens (including phenoxy) is 3. The molecule has 2 aromatic carbocycles. The van der Waals surface area contributed by atoms with Crippen molar-refractivity contribution in [3.63, 3.8) is 0 Å². The van der Waals surface area contributed by atoms with Crippen LogP contribution < -0.4 is 14.4 Å². The molecule has 0 fully saturated rings. The molecule has 6 nitrogen and oxygen atoms in total. The third kappa shape index (κ3) is 4.54. The summed E-state index contributed by atoms with van der Waals surface area (Å²) in [6.45, 7) is 8.03. The number of hydrogen-bond donors (Lipinski definition) is 0. The van der Waals surface area contributed by atoms with Gasteiger partial charge in [-0.25, -0.2) is 4.98 Å². The summed E-state index contributed by atoms with van der Waals surface area (Å²) >= 11 is 0. The molecule has 2 aliphatic heterocycles. The summed E-state index contributed by atoms with van der Waals surface area (Å²) in [6, 6.07) is 12.6. The van der Waals surface area contributed by atoms with Gasteiger partial charge in [0.15, 0.2) is 0 Å². The number of pyridine rings is 1. The average molecular weight is 461 g/mol. The molecule has 178 valence electrons. The molecule has 0 amide bonds. The molecular weight excluding hydrogens is 428 g/mol. The van der Waals surface area contributed by atoms with Crippen molar-refractivity contribution in [2.45, 2.75) is 58.7 Å². The molecule has 5 rings (SSSR count). The highest BCUT2D eigenvalue weighted by Crippen LogP contribution is 2.43. The first-order chi connectivity index (χ1) is 16.3. The Kier molecular flexibility index (Phi) is 5.84. The summed E-state index contributed by atoms with van der Waals surface area (Å²) in [5.41, 5.74) is 6.20. The Morgan fingerprint density at radius 3 is 2.79 bits per heavy atom. The summed E-state index contributed by atoms with van der Waals surface area (Å²) in [5.74, 6) is 1.57. The van der Waals surface area contributed by atoms with Crippen molar-refractivity contribution in [3.8, 4) is 22.8 Å². The van der Waals surface area contributed by atoms with Gasteiger partial charge in [-0.2, -0.15) is 0 Å². The second kappa shape index (κ2) is 8.82. The minimum atomic E-state index is -0.438. The van der Waals surface area contributed by atoms with Crippen molar-refractivity contribution in [2.24, 2.45) is 0 Å². The topological polar surface area (TPSA) is 60.9 Å². The van der Waals surface area contributed by atoms with Crippen molar-refractivity contribution in [3.05, 3.63) is 47.5 Å². The molecule has 2 aliphatic rings. The van der Waals surface area contributed by atoms with Crippen LogP contribution in [0.25, 0.3) is 22.2 Å². The van der Waals surface area contributed by atoms with Crippen LogP contribution in [0, 0.1) is 0 Å². The molecule has 0 spiro atoms. The number of rotatable bonds is 5. The number of anilines is 1. The molecule has 3 aromatic rings. The van der Waals surface area contributed by atoms with E-state index in [1.54, 1.807) is 7.11 Å². The van der Waals surface area contributed by atoms with Crippen LogP contribution >= 0.6 is 0 Å². The van der Waals surface area contributed by atoms with E-state index >= 15 is 0 Å². The number of hydrogen-bond acceptors (Lipinski definition) is 6. The number of carbonyl (C=O) groups is 1. The minimum Gasteiger partial charge on any atom is -0.497 e. The molecule has 0 bridgehead atoms. The number of esters is 1. The van der Waals surface area contributed by atoms with Crippen LogP contribution in [0.3, 0.4) is 0 Å². The number of benzene rings is 2. The summed E-state index contributed by atoms with van der Waals surface area (Å²) < 4.78 is 17.0. The lowest BCUT2D eigenvalue weighted by Crippen LogP contribution is -2.31. The monoisotopic (exact) mass is 460 g/mol. The van der Waals surface area contributed by atoms with Gasteiger partial charge in [-0.05, 0) is 75.9 Å². The summed E-state index contributed by atoms with van der Waals surface area (Å²) in [7, 11) is 1.68. The maximum absolute atomic E-state index is 12.1. The van der Waals surface area contributed by atoms with Gasteiger partial charge in [0, 0.05) is 47.8 Å². The van der Waals surface area contributed by atoms with Crippen LogP contribution in [0.1, 0.15) is 51.2 Å². The van der Waals surface area contributed by atoms with Gasteiger partial charge in [-0.15, -0.1) is 0 Å². The molecule has 0 aliphatic carbocycles. The Morgan fingerprint density at radius 1 is 1.15 bits per heavy atom. The molecule has 0 unspecified atom stereocenters. The van der Waals surface area contributed by atoms with Crippen molar-refractivity contribution >= 4 is 22.6 Å². The van der Waals surface area contributed by atoms with E-state index in [-0.39, 0.29) is 5.97 Å². The van der Waals surface area contributed by atoms with E-state index in [2.05, 4.69) is 23.1 Å². The van der Waals surface area contributed by atoms with E-state index in [4.69, 9.17) is 19.2 Å². The smallest absolute Gasteiger partial charge is 0.306 e. The van der Waals surface area contributed by atoms with E-state index in [0.29, 0.717) is 13.0 Å². The Labute approximate surface area is 200 Å². The van der Waals surface area contributed by atoms with Gasteiger partial charge in [-0.1, -0.05) is 0 Å². The Balaban J connectivity index is 1.39. The van der Waals surface area contributed by atoms with Crippen LogP contribution in [-0.4, -0.2) is 36.8 Å². The lowest BCUT2D eigenvalue weighted by molar-refractivity contribution is -0.154. The highest BCUT2D eigenvalue weighted by molar-refractivity contribution is 5.87. The Hall–Kier alpha value is -3.28. The van der Waals surface area contributed by atoms with E-state index < -0.39 is 5.60 Å². The molecule has 6 heteroatoms. The fraction of sp³-hybridized carbons (Fsp3) is 0.429. The van der Waals surface area contributed by atoms with Gasteiger partial charge in [-0.3, -0.25) is 4.79 Å². The van der Waals surface area contributed by atoms with Crippen LogP contribution in [-0.2, 0) is 22.6 Å². The molecule has 34 heavy (non-hydrogen) atoms. The van der Waals surface area contributed by atoms with Gasteiger partial charge in [0.05, 0.1) is 18.3 Å². The first-order valence-electron chi connectivity index (χ1n) is 12.1. The highest BCUT2D eigenvalue weighted by Gasteiger charge is 2.26. The Morgan fingerprint density at radius 2 is 2.00 bits per heavy atom. The number of nitrogens with zero attached hydrogens (tertiary/aromatic N) is 2. The van der Waals surface area contributed by atoms with Crippen molar-refractivity contribution in [2.75, 3.05) is 25.1 Å². The molecule has 0 saturated heterocycles. The third-order valence-corrected chi connectivity index (χ3v) is 6.36. The molecule has 0 N–H and O–H groups in total. The third-order valence-electron chi connectivity index (χ3n) is 6.36. The average Bonchev–Trinajstić information content (AvgIpc) is 2.80. The van der Waals surface area contributed by atoms with Gasteiger partial charge in [0.25, 0.3) is 0 Å². The fourth-order valence-corrected chi connectivity index (χ4v) is 4.86. The van der Waals surface area contributed by atoms with Crippen LogP contribution in [0.15, 0.2) is 36.4 Å². The Bertz CT molecular complexity index is 1250. The lowest BCUT2D eigenvalue weighted by atomic mass is 9.93. The molecule has 3 heterocycles. The van der Waals surface area contributed by atoms with E-state index in [9.17, 15) is 4.79 Å². The summed E-state index contributed by atoms with van der Waals surface area (Å²) in [6.07, 6.45) is 3.33. The minimum absolute atomic E-state index is 0.133. The molecule has 0 atom stereocenters. The maximum Gasteiger partial charge on any atom is 0.306 e. The zero-order valence-electron chi connectivity index (χ0n) is 20.4. The number of aromatic nitrogens is 1. The first kappa shape index (κ1) is 22.5. The predicted molar refractivity (Wildman–Crippen MR) is 134 cm³/mol. The molecule has 0 saturated carbocycles. The molecule has 1 aromatic heterocycles. The zero-order valence-corrected chi connectivity index (χ0v) is 20.4. The number of carbonyl (C=O) groups excluding carboxylic acids is 1. The van der Waals surface area contributed by atoms with Gasteiger partial charge in [0.1, 0.15) is 23.7 Å². The highest BCUT2D eigenvalue weighted by atomic mass is 16.6. The maximum atomic E-state index is 12.1. The van der Waals surface area contributed by atoms with Crippen LogP contribution in [0.5, 0.6) is 11.5 Å². The number of fused-ring (bicyclic) bond motifs is 5. The van der Waals surface area contributed by atoms with Crippen LogP contribution in [0.2, 0.25) is 0 Å². The van der Waals surface area contributed by atoms with Crippen LogP contribution in [0.4, 0.5) is 5.69 Å². The van der Waals surface area contributed by atoms with Crippen molar-refractivity contribution < 1.29 is 19.0 Å². The first-order valence-corrected chi connectivity index (χ1v) is 12.1. The predicted octanol–water partition coefficient (Wildman–Crippen LogP) is 5.68. The fourth-order valence-electron chi connectivity index (χ4n) is 4.86. The quantitative estimate of drug-likeness (QED) is 0.457. The summed E-state index contributed by atoms with van der Waals surface area (Å²) in [4.78, 5) is 19.5. The van der Waals surface area contributed by atoms with Crippen molar-refractivity contribution in [1.82, 2.24) is 4.98 Å². The van der Waals surface area contributed by atoms with E-state index in [1.807, 2.05) is 39.0 Å². The van der Waals surface area contributed by atoms with Crippen molar-refractivity contribution in [1.29, 1.82) is 0 Å². The largest absolute Gasteiger partial charge is 0.497 e.